The van der Waals surface area contributed by atoms with Gasteiger partial charge in [-0.1, -0.05) is 6.92 Å². The fourth-order valence-electron chi connectivity index (χ4n) is 1.03. The molecule has 0 aromatic carbocycles. The SMILES string of the molecule is CCNC(=O)CNC(=O)C(CC)CN. The van der Waals surface area contributed by atoms with Gasteiger partial charge in [0, 0.05) is 19.0 Å². The maximum absolute atomic E-state index is 11.3. The van der Waals surface area contributed by atoms with Gasteiger partial charge < -0.3 is 16.4 Å². The minimum atomic E-state index is -0.190. The summed E-state index contributed by atoms with van der Waals surface area (Å²) in [6.45, 7) is 4.64. The van der Waals surface area contributed by atoms with E-state index in [0.717, 1.165) is 0 Å². The molecule has 1 unspecified atom stereocenters. The number of rotatable bonds is 6. The van der Waals surface area contributed by atoms with Crippen molar-refractivity contribution in [2.24, 2.45) is 11.7 Å². The van der Waals surface area contributed by atoms with Gasteiger partial charge in [0.15, 0.2) is 0 Å². The summed E-state index contributed by atoms with van der Waals surface area (Å²) >= 11 is 0. The van der Waals surface area contributed by atoms with E-state index in [1.807, 2.05) is 13.8 Å². The van der Waals surface area contributed by atoms with Crippen molar-refractivity contribution >= 4 is 11.8 Å². The van der Waals surface area contributed by atoms with E-state index in [1.54, 1.807) is 0 Å². The molecule has 0 radical (unpaired) electrons. The van der Waals surface area contributed by atoms with Crippen LogP contribution in [0.3, 0.4) is 0 Å². The highest BCUT2D eigenvalue weighted by Gasteiger charge is 2.14. The van der Waals surface area contributed by atoms with E-state index < -0.39 is 0 Å². The smallest absolute Gasteiger partial charge is 0.239 e. The van der Waals surface area contributed by atoms with Crippen LogP contribution in [0.5, 0.6) is 0 Å². The molecule has 0 saturated carbocycles. The zero-order valence-electron chi connectivity index (χ0n) is 8.80. The molecule has 0 heterocycles. The quantitative estimate of drug-likeness (QED) is 0.527. The molecule has 0 rings (SSSR count). The summed E-state index contributed by atoms with van der Waals surface area (Å²) < 4.78 is 0. The molecule has 5 nitrogen and oxygen atoms in total. The van der Waals surface area contributed by atoms with Crippen LogP contribution in [0.1, 0.15) is 20.3 Å². The molecule has 5 heteroatoms. The van der Waals surface area contributed by atoms with Crippen LogP contribution in [0, 0.1) is 5.92 Å². The first-order valence-electron chi connectivity index (χ1n) is 4.90. The number of carbonyl (C=O) groups is 2. The standard InChI is InChI=1S/C9H19N3O2/c1-3-7(5-10)9(14)12-6-8(13)11-4-2/h7H,3-6,10H2,1-2H3,(H,11,13)(H,12,14). The predicted octanol–water partition coefficient (Wildman–Crippen LogP) is -0.776. The Balaban J connectivity index is 3.77. The summed E-state index contributed by atoms with van der Waals surface area (Å²) in [6.07, 6.45) is 0.692. The largest absolute Gasteiger partial charge is 0.355 e. The molecule has 1 atom stereocenters. The number of nitrogens with one attached hydrogen (secondary N) is 2. The van der Waals surface area contributed by atoms with Crippen LogP contribution < -0.4 is 16.4 Å². The van der Waals surface area contributed by atoms with Crippen LogP contribution in [-0.4, -0.2) is 31.4 Å². The Labute approximate surface area is 84.4 Å². The van der Waals surface area contributed by atoms with Crippen molar-refractivity contribution in [3.63, 3.8) is 0 Å². The summed E-state index contributed by atoms with van der Waals surface area (Å²) in [5.41, 5.74) is 5.39. The Kier molecular flexibility index (Phi) is 6.74. The minimum Gasteiger partial charge on any atom is -0.355 e. The van der Waals surface area contributed by atoms with E-state index in [-0.39, 0.29) is 24.3 Å². The lowest BCUT2D eigenvalue weighted by atomic mass is 10.1. The molecule has 0 spiro atoms. The van der Waals surface area contributed by atoms with Gasteiger partial charge in [-0.2, -0.15) is 0 Å². The first-order chi connectivity index (χ1) is 6.65. The molecule has 0 saturated heterocycles. The lowest BCUT2D eigenvalue weighted by molar-refractivity contribution is -0.128. The van der Waals surface area contributed by atoms with Crippen molar-refractivity contribution < 1.29 is 9.59 Å². The Morgan fingerprint density at radius 3 is 2.36 bits per heavy atom. The molecule has 2 amide bonds. The molecule has 0 bridgehead atoms. The van der Waals surface area contributed by atoms with Crippen LogP contribution in [0.25, 0.3) is 0 Å². The molecular weight excluding hydrogens is 182 g/mol. The van der Waals surface area contributed by atoms with Crippen LogP contribution in [0.2, 0.25) is 0 Å². The Hall–Kier alpha value is -1.10. The average molecular weight is 201 g/mol. The third-order valence-corrected chi connectivity index (χ3v) is 1.95. The molecule has 0 aliphatic carbocycles. The third kappa shape index (κ3) is 4.81. The minimum absolute atomic E-state index is 0.0309. The molecule has 14 heavy (non-hydrogen) atoms. The van der Waals surface area contributed by atoms with Gasteiger partial charge in [-0.25, -0.2) is 0 Å². The van der Waals surface area contributed by atoms with Crippen LogP contribution >= 0.6 is 0 Å². The Morgan fingerprint density at radius 2 is 1.93 bits per heavy atom. The van der Waals surface area contributed by atoms with Crippen molar-refractivity contribution in [3.05, 3.63) is 0 Å². The molecule has 0 fully saturated rings. The second kappa shape index (κ2) is 7.32. The number of hydrogen-bond donors (Lipinski definition) is 3. The van der Waals surface area contributed by atoms with Crippen LogP contribution in [0.4, 0.5) is 0 Å². The van der Waals surface area contributed by atoms with Crippen LogP contribution in [0.15, 0.2) is 0 Å². The van der Waals surface area contributed by atoms with Crippen molar-refractivity contribution in [1.29, 1.82) is 0 Å². The van der Waals surface area contributed by atoms with E-state index in [1.165, 1.54) is 0 Å². The van der Waals surface area contributed by atoms with Gasteiger partial charge in [-0.15, -0.1) is 0 Å². The first-order valence-corrected chi connectivity index (χ1v) is 4.90. The molecule has 0 aromatic heterocycles. The van der Waals surface area contributed by atoms with E-state index in [0.29, 0.717) is 19.5 Å². The molecule has 4 N–H and O–H groups in total. The molecule has 0 aromatic rings. The number of amides is 2. The number of hydrogen-bond acceptors (Lipinski definition) is 3. The summed E-state index contributed by atoms with van der Waals surface area (Å²) in [6, 6.07) is 0. The third-order valence-electron chi connectivity index (χ3n) is 1.95. The molecule has 0 aliphatic heterocycles. The van der Waals surface area contributed by atoms with Gasteiger partial charge in [-0.05, 0) is 13.3 Å². The second-order valence-corrected chi connectivity index (χ2v) is 3.01. The second-order valence-electron chi connectivity index (χ2n) is 3.01. The highest BCUT2D eigenvalue weighted by atomic mass is 16.2. The number of likely N-dealkylation sites (N-methyl/N-ethyl adjacent to an activating group) is 1. The van der Waals surface area contributed by atoms with Crippen molar-refractivity contribution in [2.75, 3.05) is 19.6 Å². The van der Waals surface area contributed by atoms with E-state index in [4.69, 9.17) is 5.73 Å². The van der Waals surface area contributed by atoms with Gasteiger partial charge in [0.25, 0.3) is 0 Å². The molecule has 82 valence electrons. The molecular formula is C9H19N3O2. The average Bonchev–Trinajstić information content (AvgIpc) is 2.17. The maximum atomic E-state index is 11.3. The highest BCUT2D eigenvalue weighted by molar-refractivity contribution is 5.85. The summed E-state index contributed by atoms with van der Waals surface area (Å²) in [7, 11) is 0. The normalized spacial score (nSPS) is 11.9. The summed E-state index contributed by atoms with van der Waals surface area (Å²) in [5.74, 6) is -0.515. The highest BCUT2D eigenvalue weighted by Crippen LogP contribution is 1.98. The zero-order valence-corrected chi connectivity index (χ0v) is 8.80. The van der Waals surface area contributed by atoms with E-state index in [9.17, 15) is 9.59 Å². The number of nitrogens with two attached hydrogens (primary N) is 1. The zero-order chi connectivity index (χ0) is 11.0. The predicted molar refractivity (Wildman–Crippen MR) is 54.5 cm³/mol. The maximum Gasteiger partial charge on any atom is 0.239 e. The lowest BCUT2D eigenvalue weighted by Gasteiger charge is -2.12. The van der Waals surface area contributed by atoms with Gasteiger partial charge >= 0.3 is 0 Å². The molecule has 0 aliphatic rings. The van der Waals surface area contributed by atoms with E-state index in [2.05, 4.69) is 10.6 Å². The van der Waals surface area contributed by atoms with Crippen LogP contribution in [-0.2, 0) is 9.59 Å². The van der Waals surface area contributed by atoms with Gasteiger partial charge in [0.2, 0.25) is 11.8 Å². The van der Waals surface area contributed by atoms with Gasteiger partial charge in [0.05, 0.1) is 6.54 Å². The van der Waals surface area contributed by atoms with Gasteiger partial charge in [0.1, 0.15) is 0 Å². The van der Waals surface area contributed by atoms with Crippen molar-refractivity contribution in [3.8, 4) is 0 Å². The number of carbonyl (C=O) groups excluding carboxylic acids is 2. The Morgan fingerprint density at radius 1 is 1.29 bits per heavy atom. The summed E-state index contributed by atoms with van der Waals surface area (Å²) in [5, 5.41) is 5.13. The van der Waals surface area contributed by atoms with E-state index >= 15 is 0 Å². The van der Waals surface area contributed by atoms with Crippen molar-refractivity contribution in [2.45, 2.75) is 20.3 Å². The Bertz CT molecular complexity index is 190. The fraction of sp³-hybridized carbons (Fsp3) is 0.778. The topological polar surface area (TPSA) is 84.2 Å². The fourth-order valence-corrected chi connectivity index (χ4v) is 1.03. The van der Waals surface area contributed by atoms with Crippen molar-refractivity contribution in [1.82, 2.24) is 10.6 Å². The lowest BCUT2D eigenvalue weighted by Crippen LogP contribution is -2.41. The summed E-state index contributed by atoms with van der Waals surface area (Å²) in [4.78, 5) is 22.3. The monoisotopic (exact) mass is 201 g/mol. The van der Waals surface area contributed by atoms with Gasteiger partial charge in [-0.3, -0.25) is 9.59 Å². The first kappa shape index (κ1) is 12.9.